The molecule has 202 valence electrons. The van der Waals surface area contributed by atoms with Crippen LogP contribution in [0.1, 0.15) is 57.2 Å². The van der Waals surface area contributed by atoms with Crippen molar-refractivity contribution in [3.8, 4) is 11.5 Å². The third-order valence-corrected chi connectivity index (χ3v) is 7.43. The van der Waals surface area contributed by atoms with Crippen LogP contribution in [0.15, 0.2) is 48.5 Å². The summed E-state index contributed by atoms with van der Waals surface area (Å²) >= 11 is 1.16. The summed E-state index contributed by atoms with van der Waals surface area (Å²) in [6.45, 7) is 4.38. The second-order valence-corrected chi connectivity index (χ2v) is 9.87. The van der Waals surface area contributed by atoms with Crippen LogP contribution in [0.2, 0.25) is 0 Å². The molecule has 0 aliphatic rings. The summed E-state index contributed by atoms with van der Waals surface area (Å²) in [7, 11) is 0. The van der Waals surface area contributed by atoms with Crippen LogP contribution in [0.3, 0.4) is 0 Å². The minimum Gasteiger partial charge on any atom is -0.507 e. The van der Waals surface area contributed by atoms with Crippen molar-refractivity contribution in [3.63, 3.8) is 0 Å². The fourth-order valence-electron chi connectivity index (χ4n) is 3.97. The van der Waals surface area contributed by atoms with E-state index in [1.54, 1.807) is 18.2 Å². The van der Waals surface area contributed by atoms with Crippen molar-refractivity contribution >= 4 is 34.9 Å². The molecular formula is C27H30FN3O6S. The first-order chi connectivity index (χ1) is 18.1. The van der Waals surface area contributed by atoms with Gasteiger partial charge in [0.1, 0.15) is 16.2 Å². The third kappa shape index (κ3) is 6.74. The number of hydrogen-bond donors (Lipinski definition) is 5. The van der Waals surface area contributed by atoms with Crippen LogP contribution in [0, 0.1) is 11.2 Å². The predicted molar refractivity (Wildman–Crippen MR) is 142 cm³/mol. The number of carbonyl (C=O) groups is 3. The minimum absolute atomic E-state index is 0.188. The number of nitrogens with one attached hydrogen (secondary N) is 2. The lowest BCUT2D eigenvalue weighted by atomic mass is 9.77. The van der Waals surface area contributed by atoms with Crippen LogP contribution in [-0.4, -0.2) is 34.7 Å². The molecule has 11 heteroatoms. The van der Waals surface area contributed by atoms with Gasteiger partial charge in [0, 0.05) is 23.8 Å². The number of anilines is 1. The van der Waals surface area contributed by atoms with E-state index in [2.05, 4.69) is 10.6 Å². The number of ether oxygens (including phenoxy) is 1. The van der Waals surface area contributed by atoms with Gasteiger partial charge in [-0.25, -0.2) is 14.0 Å². The van der Waals surface area contributed by atoms with Crippen molar-refractivity contribution in [2.24, 2.45) is 11.1 Å². The number of esters is 1. The summed E-state index contributed by atoms with van der Waals surface area (Å²) < 4.78 is 19.7. The van der Waals surface area contributed by atoms with Gasteiger partial charge >= 0.3 is 11.9 Å². The maximum Gasteiger partial charge on any atom is 0.353 e. The van der Waals surface area contributed by atoms with E-state index >= 15 is 0 Å². The molecule has 0 aliphatic carbocycles. The van der Waals surface area contributed by atoms with Crippen LogP contribution in [0.5, 0.6) is 11.5 Å². The molecular weight excluding hydrogens is 513 g/mol. The molecule has 3 aromatic rings. The monoisotopic (exact) mass is 543 g/mol. The molecule has 0 bridgehead atoms. The molecule has 0 saturated carbocycles. The second-order valence-electron chi connectivity index (χ2n) is 8.71. The maximum absolute atomic E-state index is 14.4. The van der Waals surface area contributed by atoms with E-state index in [4.69, 9.17) is 10.5 Å². The average molecular weight is 544 g/mol. The number of rotatable bonds is 12. The molecule has 0 atom stereocenters. The normalized spacial score (nSPS) is 11.3. The van der Waals surface area contributed by atoms with Crippen molar-refractivity contribution in [2.75, 3.05) is 12.0 Å². The van der Waals surface area contributed by atoms with Gasteiger partial charge in [-0.05, 0) is 67.3 Å². The number of carboxylic acid groups (broad SMARTS) is 1. The number of thiophene rings is 1. The standard InChI is InChI=1S/C27H30FN3O6S/c1-3-27(4-2,26(36)31-17-6-8-21(32)19(12-17)24(33)34)13-18-7-10-23(38-18)25(35)37-22-9-5-16(11-20(22)28)14-30-15-29/h5-12,30,32H,3-4,13-15,29H2,1-2H3,(H,31,36)(H,33,34). The topological polar surface area (TPSA) is 151 Å². The van der Waals surface area contributed by atoms with Gasteiger partial charge in [-0.2, -0.15) is 0 Å². The van der Waals surface area contributed by atoms with Crippen molar-refractivity contribution in [1.82, 2.24) is 5.32 Å². The molecule has 0 unspecified atom stereocenters. The summed E-state index contributed by atoms with van der Waals surface area (Å²) in [5, 5.41) is 24.6. The minimum atomic E-state index is -1.31. The quantitative estimate of drug-likeness (QED) is 0.0969. The Kier molecular flexibility index (Phi) is 9.56. The van der Waals surface area contributed by atoms with E-state index in [1.165, 1.54) is 30.3 Å². The van der Waals surface area contributed by atoms with Crippen molar-refractivity contribution in [3.05, 3.63) is 75.2 Å². The van der Waals surface area contributed by atoms with Crippen molar-refractivity contribution in [1.29, 1.82) is 0 Å². The molecule has 0 aliphatic heterocycles. The van der Waals surface area contributed by atoms with E-state index in [1.807, 2.05) is 13.8 Å². The van der Waals surface area contributed by atoms with Crippen molar-refractivity contribution < 1.29 is 33.7 Å². The molecule has 0 fully saturated rings. The fraction of sp³-hybridized carbons (Fsp3) is 0.296. The van der Waals surface area contributed by atoms with Gasteiger partial charge in [-0.1, -0.05) is 19.9 Å². The molecule has 1 heterocycles. The Morgan fingerprint density at radius 2 is 1.82 bits per heavy atom. The number of aromatic hydroxyl groups is 1. The number of hydrogen-bond acceptors (Lipinski definition) is 8. The number of halogens is 1. The van der Waals surface area contributed by atoms with Crippen LogP contribution < -0.4 is 21.1 Å². The number of aromatic carboxylic acids is 1. The molecule has 1 amide bonds. The molecule has 0 spiro atoms. The van der Waals surface area contributed by atoms with Gasteiger partial charge in [0.15, 0.2) is 11.6 Å². The molecule has 0 radical (unpaired) electrons. The number of amides is 1. The Hall–Kier alpha value is -3.80. The second kappa shape index (κ2) is 12.6. The Balaban J connectivity index is 1.72. The summed E-state index contributed by atoms with van der Waals surface area (Å²) in [5.74, 6) is -3.58. The first kappa shape index (κ1) is 28.8. The Bertz CT molecular complexity index is 1320. The SMILES string of the molecule is CCC(CC)(Cc1ccc(C(=O)Oc2ccc(CNCN)cc2F)s1)C(=O)Nc1ccc(O)c(C(=O)O)c1. The van der Waals surface area contributed by atoms with E-state index in [9.17, 15) is 29.0 Å². The number of carbonyl (C=O) groups excluding carboxylic acids is 2. The number of nitrogens with two attached hydrogens (primary N) is 1. The zero-order valence-corrected chi connectivity index (χ0v) is 21.9. The van der Waals surface area contributed by atoms with Crippen LogP contribution >= 0.6 is 11.3 Å². The zero-order valence-electron chi connectivity index (χ0n) is 21.0. The lowest BCUT2D eigenvalue weighted by molar-refractivity contribution is -0.126. The van der Waals surface area contributed by atoms with E-state index in [0.29, 0.717) is 31.4 Å². The van der Waals surface area contributed by atoms with Gasteiger partial charge < -0.3 is 31.3 Å². The number of phenols is 1. The van der Waals surface area contributed by atoms with E-state index < -0.39 is 28.9 Å². The Labute approximate surface area is 223 Å². The van der Waals surface area contributed by atoms with Gasteiger partial charge in [0.25, 0.3) is 0 Å². The van der Waals surface area contributed by atoms with Crippen molar-refractivity contribution in [2.45, 2.75) is 39.7 Å². The molecule has 3 rings (SSSR count). The molecule has 6 N–H and O–H groups in total. The van der Waals surface area contributed by atoms with Crippen LogP contribution in [0.25, 0.3) is 0 Å². The number of carboxylic acids is 1. The summed E-state index contributed by atoms with van der Waals surface area (Å²) in [6.07, 6.45) is 1.28. The molecule has 2 aromatic carbocycles. The fourth-order valence-corrected chi connectivity index (χ4v) is 5.00. The first-order valence-corrected chi connectivity index (χ1v) is 12.8. The highest BCUT2D eigenvalue weighted by molar-refractivity contribution is 7.14. The van der Waals surface area contributed by atoms with Gasteiger partial charge in [-0.15, -0.1) is 11.3 Å². The first-order valence-electron chi connectivity index (χ1n) is 12.0. The highest BCUT2D eigenvalue weighted by Crippen LogP contribution is 2.36. The van der Waals surface area contributed by atoms with Gasteiger partial charge in [0.05, 0.1) is 5.41 Å². The van der Waals surface area contributed by atoms with Gasteiger partial charge in [0.2, 0.25) is 5.91 Å². The maximum atomic E-state index is 14.4. The number of benzene rings is 2. The highest BCUT2D eigenvalue weighted by atomic mass is 32.1. The molecule has 1 aromatic heterocycles. The predicted octanol–water partition coefficient (Wildman–Crippen LogP) is 4.50. The third-order valence-electron chi connectivity index (χ3n) is 6.37. The lowest BCUT2D eigenvalue weighted by Crippen LogP contribution is -2.37. The van der Waals surface area contributed by atoms with Crippen LogP contribution in [0.4, 0.5) is 10.1 Å². The largest absolute Gasteiger partial charge is 0.507 e. The molecule has 0 saturated heterocycles. The molecule has 9 nitrogen and oxygen atoms in total. The van der Waals surface area contributed by atoms with E-state index in [-0.39, 0.29) is 34.5 Å². The lowest BCUT2D eigenvalue weighted by Gasteiger charge is -2.30. The Morgan fingerprint density at radius 3 is 2.45 bits per heavy atom. The zero-order chi connectivity index (χ0) is 27.9. The summed E-state index contributed by atoms with van der Waals surface area (Å²) in [5.41, 5.74) is 5.13. The van der Waals surface area contributed by atoms with Crippen LogP contribution in [-0.2, 0) is 17.8 Å². The Morgan fingerprint density at radius 1 is 1.08 bits per heavy atom. The van der Waals surface area contributed by atoms with E-state index in [0.717, 1.165) is 16.2 Å². The average Bonchev–Trinajstić information content (AvgIpc) is 3.37. The highest BCUT2D eigenvalue weighted by Gasteiger charge is 2.36. The molecule has 38 heavy (non-hydrogen) atoms. The van der Waals surface area contributed by atoms with Gasteiger partial charge in [-0.3, -0.25) is 4.79 Å². The summed E-state index contributed by atoms with van der Waals surface area (Å²) in [6, 6.07) is 11.4. The summed E-state index contributed by atoms with van der Waals surface area (Å²) in [4.78, 5) is 38.3. The smallest absolute Gasteiger partial charge is 0.353 e.